The first kappa shape index (κ1) is 24.5. The highest BCUT2D eigenvalue weighted by Gasteiger charge is 2.41. The van der Waals surface area contributed by atoms with E-state index in [0.29, 0.717) is 6.10 Å². The summed E-state index contributed by atoms with van der Waals surface area (Å²) < 4.78 is 6.88. The summed E-state index contributed by atoms with van der Waals surface area (Å²) in [4.78, 5) is 2.83. The van der Waals surface area contributed by atoms with Crippen LogP contribution in [0.1, 0.15) is 101 Å². The van der Waals surface area contributed by atoms with Crippen LogP contribution in [0.3, 0.4) is 0 Å². The largest absolute Gasteiger partial charge is 0.370 e. The molecule has 2 aromatic carbocycles. The summed E-state index contributed by atoms with van der Waals surface area (Å²) in [5, 5.41) is 0. The molecule has 0 saturated carbocycles. The Hall–Kier alpha value is -1.64. The van der Waals surface area contributed by atoms with E-state index in [1.807, 2.05) is 0 Å². The SMILES string of the molecule is CCCCCCCCC(OC1C[C@H]2CC[C@@H](C1)N2CCCc1ccccc1)c1ccccc1. The lowest BCUT2D eigenvalue weighted by Gasteiger charge is -2.40. The number of hydrogen-bond acceptors (Lipinski definition) is 2. The second-order valence-electron chi connectivity index (χ2n) is 10.4. The molecule has 180 valence electrons. The van der Waals surface area contributed by atoms with Crippen molar-refractivity contribution in [2.24, 2.45) is 0 Å². The van der Waals surface area contributed by atoms with Gasteiger partial charge < -0.3 is 4.74 Å². The van der Waals surface area contributed by atoms with Crippen molar-refractivity contribution in [3.05, 3.63) is 71.8 Å². The van der Waals surface area contributed by atoms with Gasteiger partial charge in [-0.25, -0.2) is 0 Å². The predicted octanol–water partition coefficient (Wildman–Crippen LogP) is 8.12. The molecule has 2 aromatic rings. The smallest absolute Gasteiger partial charge is 0.0828 e. The first-order valence-electron chi connectivity index (χ1n) is 13.8. The van der Waals surface area contributed by atoms with E-state index in [1.165, 1.54) is 101 Å². The highest BCUT2D eigenvalue weighted by atomic mass is 16.5. The van der Waals surface area contributed by atoms with Crippen LogP contribution in [0.2, 0.25) is 0 Å². The molecule has 2 nitrogen and oxygen atoms in total. The van der Waals surface area contributed by atoms with Gasteiger partial charge in [0.05, 0.1) is 12.2 Å². The number of nitrogens with zero attached hydrogens (tertiary/aromatic N) is 1. The highest BCUT2D eigenvalue weighted by molar-refractivity contribution is 5.18. The molecule has 0 aromatic heterocycles. The quantitative estimate of drug-likeness (QED) is 0.271. The van der Waals surface area contributed by atoms with Crippen LogP contribution in [0.15, 0.2) is 60.7 Å². The zero-order valence-electron chi connectivity index (χ0n) is 20.8. The topological polar surface area (TPSA) is 12.5 Å². The predicted molar refractivity (Wildman–Crippen MR) is 140 cm³/mol. The number of fused-ring (bicyclic) bond motifs is 2. The second-order valence-corrected chi connectivity index (χ2v) is 10.4. The highest BCUT2D eigenvalue weighted by Crippen LogP contribution is 2.39. The van der Waals surface area contributed by atoms with E-state index >= 15 is 0 Å². The fraction of sp³-hybridized carbons (Fsp3) is 0.613. The normalized spacial score (nSPS) is 23.6. The number of benzene rings is 2. The molecule has 0 N–H and O–H groups in total. The maximum absolute atomic E-state index is 6.88. The molecule has 33 heavy (non-hydrogen) atoms. The van der Waals surface area contributed by atoms with Gasteiger partial charge in [0, 0.05) is 12.1 Å². The summed E-state index contributed by atoms with van der Waals surface area (Å²) in [6.45, 7) is 3.54. The third-order valence-electron chi connectivity index (χ3n) is 7.91. The Kier molecular flexibility index (Phi) is 9.87. The van der Waals surface area contributed by atoms with Crippen LogP contribution in [0.25, 0.3) is 0 Å². The number of hydrogen-bond donors (Lipinski definition) is 0. The monoisotopic (exact) mass is 447 g/mol. The first-order chi connectivity index (χ1) is 16.3. The van der Waals surface area contributed by atoms with Gasteiger partial charge in [-0.2, -0.15) is 0 Å². The number of ether oxygens (including phenoxy) is 1. The van der Waals surface area contributed by atoms with Crippen LogP contribution in [0, 0.1) is 0 Å². The van der Waals surface area contributed by atoms with Gasteiger partial charge in [-0.05, 0) is 62.6 Å². The van der Waals surface area contributed by atoms with E-state index in [-0.39, 0.29) is 6.10 Å². The zero-order chi connectivity index (χ0) is 22.7. The van der Waals surface area contributed by atoms with E-state index in [9.17, 15) is 0 Å². The van der Waals surface area contributed by atoms with Gasteiger partial charge in [0.2, 0.25) is 0 Å². The van der Waals surface area contributed by atoms with Crippen molar-refractivity contribution in [3.63, 3.8) is 0 Å². The van der Waals surface area contributed by atoms with Crippen molar-refractivity contribution in [2.75, 3.05) is 6.54 Å². The summed E-state index contributed by atoms with van der Waals surface area (Å²) in [5.41, 5.74) is 2.85. The van der Waals surface area contributed by atoms with Crippen LogP contribution in [-0.2, 0) is 11.2 Å². The lowest BCUT2D eigenvalue weighted by Crippen LogP contribution is -2.46. The van der Waals surface area contributed by atoms with Crippen molar-refractivity contribution < 1.29 is 4.74 Å². The Bertz CT molecular complexity index is 762. The molecule has 0 radical (unpaired) electrons. The molecule has 0 spiro atoms. The minimum atomic E-state index is 0.270. The van der Waals surface area contributed by atoms with Crippen LogP contribution < -0.4 is 0 Å². The summed E-state index contributed by atoms with van der Waals surface area (Å²) in [6.07, 6.45) is 17.6. The molecule has 4 atom stereocenters. The average molecular weight is 448 g/mol. The van der Waals surface area contributed by atoms with Crippen molar-refractivity contribution in [1.29, 1.82) is 0 Å². The standard InChI is InChI=1S/C31H45NO/c1-2-3-4-5-6-13-20-31(27-18-11-8-12-19-27)33-30-24-28-21-22-29(25-30)32(28)23-14-17-26-15-9-7-10-16-26/h7-12,15-16,18-19,28-31H,2-6,13-14,17,20-25H2,1H3/t28-,29+,30?,31?. The lowest BCUT2D eigenvalue weighted by atomic mass is 9.97. The zero-order valence-corrected chi connectivity index (χ0v) is 20.8. The van der Waals surface area contributed by atoms with Gasteiger partial charge >= 0.3 is 0 Å². The third-order valence-corrected chi connectivity index (χ3v) is 7.91. The van der Waals surface area contributed by atoms with Crippen molar-refractivity contribution in [1.82, 2.24) is 4.90 Å². The Morgan fingerprint density at radius 1 is 0.788 bits per heavy atom. The Morgan fingerprint density at radius 2 is 1.42 bits per heavy atom. The molecule has 2 bridgehead atoms. The molecule has 4 rings (SSSR count). The van der Waals surface area contributed by atoms with E-state index < -0.39 is 0 Å². The van der Waals surface area contributed by atoms with E-state index in [0.717, 1.165) is 12.1 Å². The van der Waals surface area contributed by atoms with Crippen LogP contribution >= 0.6 is 0 Å². The van der Waals surface area contributed by atoms with Crippen LogP contribution in [0.5, 0.6) is 0 Å². The van der Waals surface area contributed by atoms with Crippen molar-refractivity contribution in [3.8, 4) is 0 Å². The summed E-state index contributed by atoms with van der Waals surface area (Å²) in [6, 6.07) is 23.5. The molecular weight excluding hydrogens is 402 g/mol. The molecule has 2 aliphatic heterocycles. The molecule has 0 amide bonds. The minimum absolute atomic E-state index is 0.270. The molecule has 2 unspecified atom stereocenters. The van der Waals surface area contributed by atoms with Gasteiger partial charge in [0.1, 0.15) is 0 Å². The fourth-order valence-electron chi connectivity index (χ4n) is 6.13. The summed E-state index contributed by atoms with van der Waals surface area (Å²) in [7, 11) is 0. The van der Waals surface area contributed by atoms with Gasteiger partial charge in [0.25, 0.3) is 0 Å². The number of unbranched alkanes of at least 4 members (excludes halogenated alkanes) is 5. The van der Waals surface area contributed by atoms with Crippen LogP contribution in [0.4, 0.5) is 0 Å². The Balaban J connectivity index is 1.26. The van der Waals surface area contributed by atoms with Gasteiger partial charge in [-0.15, -0.1) is 0 Å². The molecule has 0 aliphatic carbocycles. The average Bonchev–Trinajstić information content (AvgIpc) is 3.09. The van der Waals surface area contributed by atoms with Gasteiger partial charge in [0.15, 0.2) is 0 Å². The number of piperidine rings is 1. The molecular formula is C31H45NO. The molecule has 2 saturated heterocycles. The maximum Gasteiger partial charge on any atom is 0.0828 e. The van der Waals surface area contributed by atoms with E-state index in [2.05, 4.69) is 72.5 Å². The maximum atomic E-state index is 6.88. The molecule has 2 fully saturated rings. The molecule has 2 heteroatoms. The van der Waals surface area contributed by atoms with Crippen molar-refractivity contribution >= 4 is 0 Å². The summed E-state index contributed by atoms with van der Waals surface area (Å²) >= 11 is 0. The molecule has 2 aliphatic rings. The minimum Gasteiger partial charge on any atom is -0.370 e. The van der Waals surface area contributed by atoms with Gasteiger partial charge in [-0.1, -0.05) is 106 Å². The van der Waals surface area contributed by atoms with Crippen LogP contribution in [-0.4, -0.2) is 29.6 Å². The number of rotatable bonds is 14. The van der Waals surface area contributed by atoms with E-state index in [1.54, 1.807) is 0 Å². The Labute approximate surface area is 202 Å². The fourth-order valence-corrected chi connectivity index (χ4v) is 6.13. The lowest BCUT2D eigenvalue weighted by molar-refractivity contribution is -0.0660. The third kappa shape index (κ3) is 7.42. The van der Waals surface area contributed by atoms with E-state index in [4.69, 9.17) is 4.74 Å². The Morgan fingerprint density at radius 3 is 2.12 bits per heavy atom. The second kappa shape index (κ2) is 13.3. The number of aryl methyl sites for hydroxylation is 1. The summed E-state index contributed by atoms with van der Waals surface area (Å²) in [5.74, 6) is 0. The van der Waals surface area contributed by atoms with Gasteiger partial charge in [-0.3, -0.25) is 4.90 Å². The molecule has 2 heterocycles. The first-order valence-corrected chi connectivity index (χ1v) is 13.8. The van der Waals surface area contributed by atoms with Crippen molar-refractivity contribution in [2.45, 2.75) is 115 Å².